The van der Waals surface area contributed by atoms with Gasteiger partial charge in [-0.05, 0) is 19.9 Å². The van der Waals surface area contributed by atoms with Crippen LogP contribution in [0.3, 0.4) is 0 Å². The first kappa shape index (κ1) is 14.3. The molecule has 0 aromatic carbocycles. The predicted molar refractivity (Wildman–Crippen MR) is 68.7 cm³/mol. The fourth-order valence-corrected chi connectivity index (χ4v) is 1.68. The van der Waals surface area contributed by atoms with E-state index in [9.17, 15) is 9.59 Å². The lowest BCUT2D eigenvalue weighted by Crippen LogP contribution is -2.42. The number of carboxylic acids is 1. The first-order valence-corrected chi connectivity index (χ1v) is 5.65. The van der Waals surface area contributed by atoms with E-state index in [4.69, 9.17) is 16.7 Å². The first-order valence-electron chi connectivity index (χ1n) is 5.28. The Morgan fingerprint density at radius 3 is 2.56 bits per heavy atom. The van der Waals surface area contributed by atoms with Crippen molar-refractivity contribution in [2.24, 2.45) is 7.05 Å². The second-order valence-electron chi connectivity index (χ2n) is 4.50. The third kappa shape index (κ3) is 3.92. The summed E-state index contributed by atoms with van der Waals surface area (Å²) in [7, 11) is 1.71. The van der Waals surface area contributed by atoms with Gasteiger partial charge in [-0.25, -0.2) is 4.79 Å². The standard InChI is InChI=1S/C12H15ClN2O3/c1-12(2,5-4-10(16)17)14-11(18)9-6-8(13)7-15(9)3/h4-7H,1-3H3,(H,14,18)(H,16,17)/b5-4+. The number of aromatic nitrogens is 1. The predicted octanol–water partition coefficient (Wildman–Crippen LogP) is 1.83. The third-order valence-electron chi connectivity index (χ3n) is 2.28. The van der Waals surface area contributed by atoms with Gasteiger partial charge in [0.2, 0.25) is 0 Å². The van der Waals surface area contributed by atoms with Crippen molar-refractivity contribution in [2.75, 3.05) is 0 Å². The van der Waals surface area contributed by atoms with Gasteiger partial charge in [-0.3, -0.25) is 4.79 Å². The van der Waals surface area contributed by atoms with Crippen LogP contribution in [0.5, 0.6) is 0 Å². The summed E-state index contributed by atoms with van der Waals surface area (Å²) in [4.78, 5) is 22.4. The fourth-order valence-electron chi connectivity index (χ4n) is 1.43. The molecule has 0 aliphatic carbocycles. The van der Waals surface area contributed by atoms with E-state index in [0.717, 1.165) is 6.08 Å². The number of aryl methyl sites for hydroxylation is 1. The summed E-state index contributed by atoms with van der Waals surface area (Å²) >= 11 is 5.79. The number of amides is 1. The molecule has 5 nitrogen and oxygen atoms in total. The summed E-state index contributed by atoms with van der Waals surface area (Å²) in [6.07, 6.45) is 4.03. The highest BCUT2D eigenvalue weighted by molar-refractivity contribution is 6.31. The van der Waals surface area contributed by atoms with E-state index in [1.54, 1.807) is 37.7 Å². The lowest BCUT2D eigenvalue weighted by atomic mass is 10.0. The maximum atomic E-state index is 12.0. The van der Waals surface area contributed by atoms with Crippen molar-refractivity contribution in [3.05, 3.63) is 35.1 Å². The van der Waals surface area contributed by atoms with Gasteiger partial charge in [-0.2, -0.15) is 0 Å². The van der Waals surface area contributed by atoms with Crippen molar-refractivity contribution in [3.63, 3.8) is 0 Å². The number of carbonyl (C=O) groups is 2. The third-order valence-corrected chi connectivity index (χ3v) is 2.49. The van der Waals surface area contributed by atoms with Crippen LogP contribution in [0.15, 0.2) is 24.4 Å². The monoisotopic (exact) mass is 270 g/mol. The lowest BCUT2D eigenvalue weighted by Gasteiger charge is -2.22. The average molecular weight is 271 g/mol. The van der Waals surface area contributed by atoms with E-state index in [1.807, 2.05) is 0 Å². The lowest BCUT2D eigenvalue weighted by molar-refractivity contribution is -0.131. The molecule has 0 aliphatic heterocycles. The van der Waals surface area contributed by atoms with Crippen LogP contribution in [0.2, 0.25) is 5.02 Å². The average Bonchev–Trinajstić information content (AvgIpc) is 2.54. The Morgan fingerprint density at radius 2 is 2.11 bits per heavy atom. The van der Waals surface area contributed by atoms with Crippen molar-refractivity contribution < 1.29 is 14.7 Å². The largest absolute Gasteiger partial charge is 0.478 e. The number of halogens is 1. The minimum atomic E-state index is -1.06. The smallest absolute Gasteiger partial charge is 0.328 e. The molecule has 0 aliphatic rings. The molecule has 0 atom stereocenters. The van der Waals surface area contributed by atoms with Gasteiger partial charge in [-0.15, -0.1) is 0 Å². The van der Waals surface area contributed by atoms with Gasteiger partial charge < -0.3 is 15.0 Å². The molecule has 0 saturated heterocycles. The van der Waals surface area contributed by atoms with Gasteiger partial charge in [-0.1, -0.05) is 17.7 Å². The second-order valence-corrected chi connectivity index (χ2v) is 4.94. The number of carbonyl (C=O) groups excluding carboxylic acids is 1. The zero-order valence-corrected chi connectivity index (χ0v) is 11.2. The van der Waals surface area contributed by atoms with Crippen molar-refractivity contribution in [1.29, 1.82) is 0 Å². The number of carboxylic acid groups (broad SMARTS) is 1. The molecular formula is C12H15ClN2O3. The number of nitrogens with one attached hydrogen (secondary N) is 1. The Balaban J connectivity index is 2.81. The Labute approximate surface area is 110 Å². The number of hydrogen-bond donors (Lipinski definition) is 2. The number of nitrogens with zero attached hydrogens (tertiary/aromatic N) is 1. The number of rotatable bonds is 4. The van der Waals surface area contributed by atoms with Gasteiger partial charge in [0.1, 0.15) is 5.69 Å². The molecule has 2 N–H and O–H groups in total. The van der Waals surface area contributed by atoms with Gasteiger partial charge in [0.25, 0.3) is 5.91 Å². The normalized spacial score (nSPS) is 11.8. The summed E-state index contributed by atoms with van der Waals surface area (Å²) in [5.41, 5.74) is -0.344. The van der Waals surface area contributed by atoms with Gasteiger partial charge in [0.15, 0.2) is 0 Å². The molecule has 1 heterocycles. The molecule has 6 heteroatoms. The summed E-state index contributed by atoms with van der Waals surface area (Å²) in [5, 5.41) is 11.7. The van der Waals surface area contributed by atoms with Crippen LogP contribution < -0.4 is 5.32 Å². The molecule has 1 amide bonds. The van der Waals surface area contributed by atoms with Gasteiger partial charge in [0, 0.05) is 19.3 Å². The molecular weight excluding hydrogens is 256 g/mol. The van der Waals surface area contributed by atoms with Crippen LogP contribution >= 0.6 is 11.6 Å². The zero-order chi connectivity index (χ0) is 13.9. The topological polar surface area (TPSA) is 71.3 Å². The second kappa shape index (κ2) is 5.27. The molecule has 98 valence electrons. The highest BCUT2D eigenvalue weighted by Crippen LogP contribution is 2.14. The van der Waals surface area contributed by atoms with E-state index in [1.165, 1.54) is 6.08 Å². The number of hydrogen-bond acceptors (Lipinski definition) is 2. The van der Waals surface area contributed by atoms with Crippen LogP contribution in [0.25, 0.3) is 0 Å². The van der Waals surface area contributed by atoms with Crippen molar-refractivity contribution >= 4 is 23.5 Å². The SMILES string of the molecule is Cn1cc(Cl)cc1C(=O)NC(C)(C)/C=C/C(=O)O. The summed E-state index contributed by atoms with van der Waals surface area (Å²) in [6.45, 7) is 3.41. The highest BCUT2D eigenvalue weighted by atomic mass is 35.5. The van der Waals surface area contributed by atoms with Crippen molar-refractivity contribution in [2.45, 2.75) is 19.4 Å². The van der Waals surface area contributed by atoms with Crippen molar-refractivity contribution in [3.8, 4) is 0 Å². The van der Waals surface area contributed by atoms with Crippen LogP contribution in [0.4, 0.5) is 0 Å². The minimum Gasteiger partial charge on any atom is -0.478 e. The zero-order valence-electron chi connectivity index (χ0n) is 10.4. The maximum absolute atomic E-state index is 12.0. The molecule has 18 heavy (non-hydrogen) atoms. The van der Waals surface area contributed by atoms with Crippen LogP contribution in [-0.4, -0.2) is 27.1 Å². The van der Waals surface area contributed by atoms with E-state index in [-0.39, 0.29) is 5.91 Å². The summed E-state index contributed by atoms with van der Waals surface area (Å²) in [6, 6.07) is 1.55. The number of aliphatic carboxylic acids is 1. The van der Waals surface area contributed by atoms with Gasteiger partial charge in [0.05, 0.1) is 10.6 Å². The van der Waals surface area contributed by atoms with E-state index >= 15 is 0 Å². The Kier molecular flexibility index (Phi) is 4.19. The highest BCUT2D eigenvalue weighted by Gasteiger charge is 2.20. The molecule has 0 unspecified atom stereocenters. The molecule has 0 saturated carbocycles. The first-order chi connectivity index (χ1) is 8.21. The molecule has 1 rings (SSSR count). The van der Waals surface area contributed by atoms with E-state index in [2.05, 4.69) is 5.32 Å². The molecule has 0 fully saturated rings. The van der Waals surface area contributed by atoms with Crippen molar-refractivity contribution in [1.82, 2.24) is 9.88 Å². The Hall–Kier alpha value is -1.75. The minimum absolute atomic E-state index is 0.315. The molecule has 0 bridgehead atoms. The maximum Gasteiger partial charge on any atom is 0.328 e. The van der Waals surface area contributed by atoms with E-state index in [0.29, 0.717) is 10.7 Å². The molecule has 1 aromatic rings. The van der Waals surface area contributed by atoms with Crippen LogP contribution in [0, 0.1) is 0 Å². The Bertz CT molecular complexity index is 503. The van der Waals surface area contributed by atoms with Crippen LogP contribution in [0.1, 0.15) is 24.3 Å². The van der Waals surface area contributed by atoms with E-state index < -0.39 is 11.5 Å². The van der Waals surface area contributed by atoms with Gasteiger partial charge >= 0.3 is 5.97 Å². The van der Waals surface area contributed by atoms with Crippen LogP contribution in [-0.2, 0) is 11.8 Å². The Morgan fingerprint density at radius 1 is 1.50 bits per heavy atom. The summed E-state index contributed by atoms with van der Waals surface area (Å²) in [5.74, 6) is -1.37. The summed E-state index contributed by atoms with van der Waals surface area (Å²) < 4.78 is 1.61. The fraction of sp³-hybridized carbons (Fsp3) is 0.333. The molecule has 0 radical (unpaired) electrons. The molecule has 1 aromatic heterocycles. The molecule has 0 spiro atoms. The quantitative estimate of drug-likeness (QED) is 0.820.